The zero-order valence-electron chi connectivity index (χ0n) is 14.3. The lowest BCUT2D eigenvalue weighted by molar-refractivity contribution is 0.0931. The van der Waals surface area contributed by atoms with Crippen LogP contribution in [-0.4, -0.2) is 45.4 Å². The van der Waals surface area contributed by atoms with E-state index in [1.54, 1.807) is 35.7 Å². The Balaban J connectivity index is 1.71. The average Bonchev–Trinajstić information content (AvgIpc) is 3.12. The summed E-state index contributed by atoms with van der Waals surface area (Å²) in [6.07, 6.45) is 0.767. The maximum absolute atomic E-state index is 12.6. The van der Waals surface area contributed by atoms with Gasteiger partial charge < -0.3 is 15.8 Å². The molecule has 1 aromatic carbocycles. The molecule has 0 unspecified atom stereocenters. The maximum Gasteiger partial charge on any atom is 0.251 e. The number of ether oxygens (including phenoxy) is 1. The largest absolute Gasteiger partial charge is 0.494 e. The average molecular weight is 396 g/mol. The zero-order valence-corrected chi connectivity index (χ0v) is 16.0. The van der Waals surface area contributed by atoms with Gasteiger partial charge in [-0.15, -0.1) is 11.3 Å². The number of fused-ring (bicyclic) bond motifs is 1. The maximum atomic E-state index is 12.6. The van der Waals surface area contributed by atoms with Crippen LogP contribution in [0, 0.1) is 0 Å². The molecule has 0 saturated carbocycles. The third-order valence-electron chi connectivity index (χ3n) is 4.14. The lowest BCUT2D eigenvalue weighted by Crippen LogP contribution is -2.42. The molecule has 140 valence electrons. The monoisotopic (exact) mass is 395 g/mol. The van der Waals surface area contributed by atoms with Crippen LogP contribution in [-0.2, 0) is 10.0 Å². The highest BCUT2D eigenvalue weighted by Crippen LogP contribution is 2.35. The van der Waals surface area contributed by atoms with Crippen LogP contribution < -0.4 is 15.8 Å². The molecule has 0 saturated heterocycles. The SMILES string of the molecule is CN1C[C@H](NC(=O)c2ccc(OCCCN)cc2)c2sccc2S1(=O)=O. The molecule has 0 spiro atoms. The first kappa shape index (κ1) is 18.8. The Kier molecular flexibility index (Phi) is 5.61. The summed E-state index contributed by atoms with van der Waals surface area (Å²) in [5, 5.41) is 4.66. The first-order valence-corrected chi connectivity index (χ1v) is 10.5. The third kappa shape index (κ3) is 3.75. The van der Waals surface area contributed by atoms with Gasteiger partial charge in [0.15, 0.2) is 0 Å². The van der Waals surface area contributed by atoms with Gasteiger partial charge in [-0.3, -0.25) is 4.79 Å². The number of nitrogens with two attached hydrogens (primary N) is 1. The predicted molar refractivity (Wildman–Crippen MR) is 100.0 cm³/mol. The normalized spacial score (nSPS) is 18.9. The van der Waals surface area contributed by atoms with Crippen LogP contribution in [0.4, 0.5) is 0 Å². The minimum absolute atomic E-state index is 0.210. The highest BCUT2D eigenvalue weighted by molar-refractivity contribution is 7.89. The smallest absolute Gasteiger partial charge is 0.251 e. The fourth-order valence-corrected chi connectivity index (χ4v) is 5.41. The molecule has 2 aromatic rings. The summed E-state index contributed by atoms with van der Waals surface area (Å²) in [5.74, 6) is 0.426. The van der Waals surface area contributed by atoms with Crippen molar-refractivity contribution in [3.63, 3.8) is 0 Å². The Morgan fingerprint density at radius 2 is 2.08 bits per heavy atom. The summed E-state index contributed by atoms with van der Waals surface area (Å²) in [5.41, 5.74) is 5.92. The van der Waals surface area contributed by atoms with Gasteiger partial charge in [0.2, 0.25) is 10.0 Å². The number of thiophene rings is 1. The number of rotatable bonds is 6. The van der Waals surface area contributed by atoms with Crippen molar-refractivity contribution in [2.75, 3.05) is 26.7 Å². The van der Waals surface area contributed by atoms with Crippen molar-refractivity contribution in [1.29, 1.82) is 0 Å². The Morgan fingerprint density at radius 3 is 2.77 bits per heavy atom. The zero-order chi connectivity index (χ0) is 18.7. The first-order chi connectivity index (χ1) is 12.4. The number of hydrogen-bond donors (Lipinski definition) is 2. The van der Waals surface area contributed by atoms with Gasteiger partial charge in [-0.1, -0.05) is 0 Å². The van der Waals surface area contributed by atoms with Gasteiger partial charge >= 0.3 is 0 Å². The molecule has 7 nitrogen and oxygen atoms in total. The molecule has 1 aliphatic rings. The van der Waals surface area contributed by atoms with Crippen molar-refractivity contribution in [1.82, 2.24) is 9.62 Å². The predicted octanol–water partition coefficient (Wildman–Crippen LogP) is 1.58. The fourth-order valence-electron chi connectivity index (χ4n) is 2.71. The fraction of sp³-hybridized carbons (Fsp3) is 0.353. The van der Waals surface area contributed by atoms with E-state index in [1.807, 2.05) is 0 Å². The van der Waals surface area contributed by atoms with E-state index in [4.69, 9.17) is 10.5 Å². The molecular formula is C17H21N3O4S2. The highest BCUT2D eigenvalue weighted by Gasteiger charge is 2.36. The number of amides is 1. The van der Waals surface area contributed by atoms with Crippen LogP contribution in [0.15, 0.2) is 40.6 Å². The third-order valence-corrected chi connectivity index (χ3v) is 7.18. The summed E-state index contributed by atoms with van der Waals surface area (Å²) in [6, 6.07) is 8.06. The minimum Gasteiger partial charge on any atom is -0.494 e. The lowest BCUT2D eigenvalue weighted by atomic mass is 10.1. The van der Waals surface area contributed by atoms with Crippen molar-refractivity contribution >= 4 is 27.3 Å². The number of nitrogens with one attached hydrogen (secondary N) is 1. The number of benzene rings is 1. The van der Waals surface area contributed by atoms with Crippen molar-refractivity contribution < 1.29 is 17.9 Å². The minimum atomic E-state index is -3.46. The summed E-state index contributed by atoms with van der Waals surface area (Å²) >= 11 is 1.34. The second-order valence-corrected chi connectivity index (χ2v) is 8.94. The second kappa shape index (κ2) is 7.75. The molecule has 0 bridgehead atoms. The standard InChI is InChI=1S/C17H21N3O4S2/c1-20-11-14(16-15(7-10-25-16)26(20,22)23)19-17(21)12-3-5-13(6-4-12)24-9-2-8-18/h3-7,10,14H,2,8-9,11,18H2,1H3,(H,19,21)/t14-/m0/s1. The number of nitrogens with zero attached hydrogens (tertiary/aromatic N) is 1. The number of sulfonamides is 1. The van der Waals surface area contributed by atoms with E-state index in [0.717, 1.165) is 6.42 Å². The van der Waals surface area contributed by atoms with Crippen molar-refractivity contribution in [2.45, 2.75) is 17.4 Å². The molecule has 1 amide bonds. The number of hydrogen-bond acceptors (Lipinski definition) is 6. The number of carbonyl (C=O) groups is 1. The Morgan fingerprint density at radius 1 is 1.35 bits per heavy atom. The van der Waals surface area contributed by atoms with E-state index in [-0.39, 0.29) is 23.4 Å². The quantitative estimate of drug-likeness (QED) is 0.723. The van der Waals surface area contributed by atoms with Gasteiger partial charge in [0.1, 0.15) is 5.75 Å². The number of carbonyl (C=O) groups excluding carboxylic acids is 1. The van der Waals surface area contributed by atoms with Gasteiger partial charge in [-0.25, -0.2) is 8.42 Å². The Hall–Kier alpha value is -1.94. The lowest BCUT2D eigenvalue weighted by Gasteiger charge is -2.30. The Bertz CT molecular complexity index is 878. The summed E-state index contributed by atoms with van der Waals surface area (Å²) < 4.78 is 31.4. The molecule has 1 aliphatic heterocycles. The van der Waals surface area contributed by atoms with Crippen molar-refractivity contribution in [3.8, 4) is 5.75 Å². The molecule has 0 fully saturated rings. The molecule has 2 heterocycles. The van der Waals surface area contributed by atoms with Crippen LogP contribution in [0.5, 0.6) is 5.75 Å². The van der Waals surface area contributed by atoms with Gasteiger partial charge in [0.05, 0.1) is 17.5 Å². The van der Waals surface area contributed by atoms with Crippen molar-refractivity contribution in [3.05, 3.63) is 46.2 Å². The topological polar surface area (TPSA) is 102 Å². The molecule has 9 heteroatoms. The summed E-state index contributed by atoms with van der Waals surface area (Å²) in [7, 11) is -1.94. The molecule has 1 aromatic heterocycles. The van der Waals surface area contributed by atoms with Crippen LogP contribution in [0.1, 0.15) is 27.7 Å². The molecular weight excluding hydrogens is 374 g/mol. The molecule has 3 rings (SSSR count). The van der Waals surface area contributed by atoms with Crippen molar-refractivity contribution in [2.24, 2.45) is 5.73 Å². The molecule has 3 N–H and O–H groups in total. The second-order valence-electron chi connectivity index (χ2n) is 5.98. The molecule has 0 radical (unpaired) electrons. The molecule has 0 aliphatic carbocycles. The van der Waals surface area contributed by atoms with Crippen LogP contribution >= 0.6 is 11.3 Å². The summed E-state index contributed by atoms with van der Waals surface area (Å²) in [4.78, 5) is 13.5. The van der Waals surface area contributed by atoms with E-state index in [0.29, 0.717) is 29.3 Å². The van der Waals surface area contributed by atoms with E-state index in [2.05, 4.69) is 5.32 Å². The van der Waals surface area contributed by atoms with Crippen LogP contribution in [0.3, 0.4) is 0 Å². The summed E-state index contributed by atoms with van der Waals surface area (Å²) in [6.45, 7) is 1.31. The Labute approximate surface area is 156 Å². The van der Waals surface area contributed by atoms with Gasteiger partial charge in [-0.05, 0) is 48.7 Å². The highest BCUT2D eigenvalue weighted by atomic mass is 32.2. The molecule has 26 heavy (non-hydrogen) atoms. The van der Waals surface area contributed by atoms with Gasteiger partial charge in [0.25, 0.3) is 5.91 Å². The first-order valence-electron chi connectivity index (χ1n) is 8.21. The van der Waals surface area contributed by atoms with Gasteiger partial charge in [-0.2, -0.15) is 4.31 Å². The van der Waals surface area contributed by atoms with E-state index >= 15 is 0 Å². The number of likely N-dealkylation sites (N-methyl/N-ethyl adjacent to an activating group) is 1. The van der Waals surface area contributed by atoms with E-state index in [1.165, 1.54) is 22.7 Å². The molecule has 1 atom stereocenters. The van der Waals surface area contributed by atoms with Crippen LogP contribution in [0.25, 0.3) is 0 Å². The van der Waals surface area contributed by atoms with E-state index < -0.39 is 10.0 Å². The van der Waals surface area contributed by atoms with E-state index in [9.17, 15) is 13.2 Å². The van der Waals surface area contributed by atoms with Crippen LogP contribution in [0.2, 0.25) is 0 Å². The van der Waals surface area contributed by atoms with Gasteiger partial charge in [0, 0.05) is 24.0 Å².